The molecule has 0 unspecified atom stereocenters. The van der Waals surface area contributed by atoms with Gasteiger partial charge in [-0.05, 0) is 30.3 Å². The standard InChI is InChI=1S/C11H16F3N3O2S2/c1-2-5-15-10-9(4-3-6-16-10)21(18,19)17-7-8-20-11(12,13)14/h3-4,6,17H,2,5,7-8H2,1H3,(H,15,16). The number of rotatable bonds is 8. The van der Waals surface area contributed by atoms with Gasteiger partial charge in [0.1, 0.15) is 10.7 Å². The molecule has 1 heterocycles. The molecule has 1 aromatic heterocycles. The third-order valence-corrected chi connectivity index (χ3v) is 4.49. The summed E-state index contributed by atoms with van der Waals surface area (Å²) in [4.78, 5) is 3.86. The predicted octanol–water partition coefficient (Wildman–Crippen LogP) is 2.43. The summed E-state index contributed by atoms with van der Waals surface area (Å²) in [5, 5.41) is 2.87. The van der Waals surface area contributed by atoms with E-state index >= 15 is 0 Å². The average molecular weight is 343 g/mol. The minimum atomic E-state index is -4.37. The van der Waals surface area contributed by atoms with E-state index in [0.717, 1.165) is 6.42 Å². The lowest BCUT2D eigenvalue weighted by molar-refractivity contribution is -0.0327. The van der Waals surface area contributed by atoms with Gasteiger partial charge in [-0.25, -0.2) is 18.1 Å². The largest absolute Gasteiger partial charge is 0.441 e. The third-order valence-electron chi connectivity index (χ3n) is 2.26. The van der Waals surface area contributed by atoms with E-state index < -0.39 is 15.5 Å². The van der Waals surface area contributed by atoms with Crippen molar-refractivity contribution in [1.82, 2.24) is 9.71 Å². The zero-order valence-corrected chi connectivity index (χ0v) is 12.9. The van der Waals surface area contributed by atoms with Crippen LogP contribution in [-0.4, -0.2) is 37.8 Å². The highest BCUT2D eigenvalue weighted by Crippen LogP contribution is 2.29. The van der Waals surface area contributed by atoms with Crippen molar-refractivity contribution in [3.05, 3.63) is 18.3 Å². The predicted molar refractivity (Wildman–Crippen MR) is 76.7 cm³/mol. The van der Waals surface area contributed by atoms with Gasteiger partial charge >= 0.3 is 5.51 Å². The molecule has 0 saturated heterocycles. The van der Waals surface area contributed by atoms with E-state index in [9.17, 15) is 21.6 Å². The number of nitrogens with one attached hydrogen (secondary N) is 2. The third kappa shape index (κ3) is 6.53. The normalized spacial score (nSPS) is 12.4. The molecule has 0 aliphatic heterocycles. The maximum absolute atomic E-state index is 12.1. The summed E-state index contributed by atoms with van der Waals surface area (Å²) in [6, 6.07) is 2.81. The highest BCUT2D eigenvalue weighted by molar-refractivity contribution is 8.00. The number of thioether (sulfide) groups is 1. The van der Waals surface area contributed by atoms with Crippen molar-refractivity contribution in [2.45, 2.75) is 23.7 Å². The molecule has 0 aromatic carbocycles. The summed E-state index contributed by atoms with van der Waals surface area (Å²) in [7, 11) is -3.89. The van der Waals surface area contributed by atoms with E-state index in [-0.39, 0.29) is 34.8 Å². The Morgan fingerprint density at radius 2 is 2.05 bits per heavy atom. The van der Waals surface area contributed by atoms with Crippen LogP contribution in [-0.2, 0) is 10.0 Å². The molecule has 0 spiro atoms. The molecule has 5 nitrogen and oxygen atoms in total. The van der Waals surface area contributed by atoms with E-state index in [2.05, 4.69) is 15.0 Å². The van der Waals surface area contributed by atoms with Gasteiger partial charge < -0.3 is 5.32 Å². The molecule has 0 bridgehead atoms. The second-order valence-corrected chi connectivity index (χ2v) is 6.86. The number of sulfonamides is 1. The van der Waals surface area contributed by atoms with Crippen LogP contribution in [0.4, 0.5) is 19.0 Å². The number of halogens is 3. The number of alkyl halides is 3. The Hall–Kier alpha value is -1.00. The van der Waals surface area contributed by atoms with Gasteiger partial charge in [-0.1, -0.05) is 6.92 Å². The van der Waals surface area contributed by atoms with Gasteiger partial charge in [-0.15, -0.1) is 0 Å². The first-order valence-corrected chi connectivity index (χ1v) is 8.62. The summed E-state index contributed by atoms with van der Waals surface area (Å²) in [6.07, 6.45) is 2.22. The lowest BCUT2D eigenvalue weighted by atomic mass is 10.4. The van der Waals surface area contributed by atoms with Gasteiger partial charge in [-0.3, -0.25) is 0 Å². The second kappa shape index (κ2) is 7.85. The average Bonchev–Trinajstić information content (AvgIpc) is 2.41. The molecule has 21 heavy (non-hydrogen) atoms. The van der Waals surface area contributed by atoms with Crippen molar-refractivity contribution in [1.29, 1.82) is 0 Å². The Balaban J connectivity index is 2.70. The molecule has 2 N–H and O–H groups in total. The Morgan fingerprint density at radius 1 is 1.33 bits per heavy atom. The van der Waals surface area contributed by atoms with Crippen molar-refractivity contribution in [2.24, 2.45) is 0 Å². The van der Waals surface area contributed by atoms with E-state index in [1.165, 1.54) is 18.3 Å². The van der Waals surface area contributed by atoms with Gasteiger partial charge in [0.05, 0.1) is 0 Å². The van der Waals surface area contributed by atoms with Crippen molar-refractivity contribution in [3.8, 4) is 0 Å². The fraction of sp³-hybridized carbons (Fsp3) is 0.545. The van der Waals surface area contributed by atoms with E-state index in [1.54, 1.807) is 0 Å². The second-order valence-electron chi connectivity index (χ2n) is 3.97. The van der Waals surface area contributed by atoms with Crippen LogP contribution >= 0.6 is 11.8 Å². The SMILES string of the molecule is CCCNc1ncccc1S(=O)(=O)NCCSC(F)(F)F. The molecule has 0 amide bonds. The maximum Gasteiger partial charge on any atom is 0.441 e. The molecule has 0 aliphatic carbocycles. The van der Waals surface area contributed by atoms with Gasteiger partial charge in [0.2, 0.25) is 10.0 Å². The van der Waals surface area contributed by atoms with Crippen molar-refractivity contribution < 1.29 is 21.6 Å². The monoisotopic (exact) mass is 343 g/mol. The number of hydrogen-bond acceptors (Lipinski definition) is 5. The van der Waals surface area contributed by atoms with Crippen molar-refractivity contribution in [3.63, 3.8) is 0 Å². The molecule has 1 aromatic rings. The van der Waals surface area contributed by atoms with Gasteiger partial charge in [0, 0.05) is 25.0 Å². The lowest BCUT2D eigenvalue weighted by Gasteiger charge is -2.12. The van der Waals surface area contributed by atoms with Crippen molar-refractivity contribution in [2.75, 3.05) is 24.2 Å². The maximum atomic E-state index is 12.1. The van der Waals surface area contributed by atoms with Gasteiger partial charge in [-0.2, -0.15) is 13.2 Å². The molecule has 0 radical (unpaired) electrons. The summed E-state index contributed by atoms with van der Waals surface area (Å²) in [6.45, 7) is 2.15. The van der Waals surface area contributed by atoms with Crippen LogP contribution in [0, 0.1) is 0 Å². The highest BCUT2D eigenvalue weighted by Gasteiger charge is 2.28. The number of hydrogen-bond donors (Lipinski definition) is 2. The number of aromatic nitrogens is 1. The molecule has 0 atom stereocenters. The molecule has 10 heteroatoms. The van der Waals surface area contributed by atoms with E-state index in [1.807, 2.05) is 6.92 Å². The first-order valence-electron chi connectivity index (χ1n) is 6.15. The number of pyridine rings is 1. The van der Waals surface area contributed by atoms with Crippen LogP contribution in [0.2, 0.25) is 0 Å². The molecule has 0 aliphatic rings. The molecule has 1 rings (SSSR count). The van der Waals surface area contributed by atoms with Crippen LogP contribution < -0.4 is 10.0 Å². The molecular formula is C11H16F3N3O2S2. The van der Waals surface area contributed by atoms with E-state index in [4.69, 9.17) is 0 Å². The summed E-state index contributed by atoms with van der Waals surface area (Å²) in [5.41, 5.74) is -4.37. The minimum absolute atomic E-state index is 0.0736. The topological polar surface area (TPSA) is 71.1 Å². The number of nitrogens with zero attached hydrogens (tertiary/aromatic N) is 1. The van der Waals surface area contributed by atoms with E-state index in [0.29, 0.717) is 6.54 Å². The highest BCUT2D eigenvalue weighted by atomic mass is 32.2. The fourth-order valence-electron chi connectivity index (χ4n) is 1.40. The molecule has 120 valence electrons. The first-order chi connectivity index (χ1) is 9.76. The summed E-state index contributed by atoms with van der Waals surface area (Å²) in [5.74, 6) is -0.198. The van der Waals surface area contributed by atoms with Crippen LogP contribution in [0.25, 0.3) is 0 Å². The molecule has 0 fully saturated rings. The van der Waals surface area contributed by atoms with Crippen LogP contribution in [0.1, 0.15) is 13.3 Å². The number of anilines is 1. The fourth-order valence-corrected chi connectivity index (χ4v) is 3.13. The van der Waals surface area contributed by atoms with Crippen LogP contribution in [0.5, 0.6) is 0 Å². The first kappa shape index (κ1) is 18.1. The summed E-state index contributed by atoms with van der Waals surface area (Å²) >= 11 is -0.271. The Morgan fingerprint density at radius 3 is 2.67 bits per heavy atom. The quantitative estimate of drug-likeness (QED) is 0.710. The Labute approximate surface area is 125 Å². The molecular weight excluding hydrogens is 327 g/mol. The summed E-state index contributed by atoms with van der Waals surface area (Å²) < 4.78 is 62.2. The van der Waals surface area contributed by atoms with Gasteiger partial charge in [0.15, 0.2) is 0 Å². The Bertz CT molecular complexity index is 550. The smallest absolute Gasteiger partial charge is 0.369 e. The zero-order chi connectivity index (χ0) is 15.9. The van der Waals surface area contributed by atoms with Crippen LogP contribution in [0.3, 0.4) is 0 Å². The zero-order valence-electron chi connectivity index (χ0n) is 11.3. The lowest BCUT2D eigenvalue weighted by Crippen LogP contribution is -2.27. The van der Waals surface area contributed by atoms with Gasteiger partial charge in [0.25, 0.3) is 0 Å². The Kier molecular flexibility index (Phi) is 6.75. The van der Waals surface area contributed by atoms with Crippen molar-refractivity contribution >= 4 is 27.6 Å². The minimum Gasteiger partial charge on any atom is -0.369 e. The van der Waals surface area contributed by atoms with Crippen LogP contribution in [0.15, 0.2) is 23.2 Å². The molecule has 0 saturated carbocycles.